The Morgan fingerprint density at radius 3 is 2.43 bits per heavy atom. The lowest BCUT2D eigenvalue weighted by Gasteiger charge is -2.59. The molecular weight excluding hydrogens is 472 g/mol. The van der Waals surface area contributed by atoms with Crippen molar-refractivity contribution in [1.82, 2.24) is 0 Å². The van der Waals surface area contributed by atoms with Gasteiger partial charge in [0.15, 0.2) is 8.32 Å². The van der Waals surface area contributed by atoms with Crippen molar-refractivity contribution in [3.05, 3.63) is 11.6 Å². The highest BCUT2D eigenvalue weighted by Crippen LogP contribution is 2.67. The van der Waals surface area contributed by atoms with Crippen molar-refractivity contribution in [2.75, 3.05) is 0 Å². The Kier molecular flexibility index (Phi) is 8.27. The van der Waals surface area contributed by atoms with Gasteiger partial charge in [-0.3, -0.25) is 4.79 Å². The SMILES string of the molecule is C[C@H](CCC[C@H](C)C(=O)O)[C@H]1CC[C@H]2[C@@H]3CC=C4C[C@@H](O[Si](C)(C)C(C)(C)C)CC[C@]4(C)[C@H]3CC[C@]12C. The van der Waals surface area contributed by atoms with E-state index in [1.165, 1.54) is 57.8 Å². The summed E-state index contributed by atoms with van der Waals surface area (Å²) >= 11 is 0. The number of allylic oxidation sites excluding steroid dienone is 1. The number of fused-ring (bicyclic) bond motifs is 5. The van der Waals surface area contributed by atoms with Crippen molar-refractivity contribution < 1.29 is 14.3 Å². The van der Waals surface area contributed by atoms with Gasteiger partial charge in [-0.1, -0.05) is 73.0 Å². The molecule has 4 rings (SSSR count). The van der Waals surface area contributed by atoms with E-state index >= 15 is 0 Å². The molecule has 4 aliphatic rings. The number of carboxylic acids is 1. The molecule has 1 N–H and O–H groups in total. The third-order valence-electron chi connectivity index (χ3n) is 12.8. The van der Waals surface area contributed by atoms with Crippen LogP contribution in [0.2, 0.25) is 18.1 Å². The second-order valence-electron chi connectivity index (χ2n) is 15.9. The first-order valence-electron chi connectivity index (χ1n) is 15.7. The fraction of sp³-hybridized carbons (Fsp3) is 0.909. The molecule has 0 aliphatic heterocycles. The van der Waals surface area contributed by atoms with E-state index in [0.29, 0.717) is 22.9 Å². The molecule has 3 saturated carbocycles. The molecule has 212 valence electrons. The van der Waals surface area contributed by atoms with Crippen LogP contribution < -0.4 is 0 Å². The molecule has 4 aliphatic carbocycles. The first kappa shape index (κ1) is 29.4. The fourth-order valence-electron chi connectivity index (χ4n) is 9.37. The Labute approximate surface area is 229 Å². The van der Waals surface area contributed by atoms with E-state index < -0.39 is 14.3 Å². The second kappa shape index (κ2) is 10.4. The zero-order valence-electron chi connectivity index (χ0n) is 25.7. The highest BCUT2D eigenvalue weighted by atomic mass is 28.4. The molecule has 9 atom stereocenters. The van der Waals surface area contributed by atoms with E-state index in [4.69, 9.17) is 4.43 Å². The summed E-state index contributed by atoms with van der Waals surface area (Å²) in [5, 5.41) is 9.53. The largest absolute Gasteiger partial charge is 0.481 e. The Bertz CT molecular complexity index is 871. The monoisotopic (exact) mass is 530 g/mol. The van der Waals surface area contributed by atoms with Crippen molar-refractivity contribution in [1.29, 1.82) is 0 Å². The van der Waals surface area contributed by atoms with E-state index in [2.05, 4.69) is 60.7 Å². The molecule has 3 fully saturated rings. The van der Waals surface area contributed by atoms with Crippen LogP contribution in [-0.2, 0) is 9.22 Å². The van der Waals surface area contributed by atoms with Crippen molar-refractivity contribution in [3.8, 4) is 0 Å². The van der Waals surface area contributed by atoms with Gasteiger partial charge in [0.25, 0.3) is 0 Å². The number of carboxylic acid groups (broad SMARTS) is 1. The maximum atomic E-state index is 11.2. The topological polar surface area (TPSA) is 46.5 Å². The third-order valence-corrected chi connectivity index (χ3v) is 17.3. The summed E-state index contributed by atoms with van der Waals surface area (Å²) in [7, 11) is -1.73. The quantitative estimate of drug-likeness (QED) is 0.251. The fourth-order valence-corrected chi connectivity index (χ4v) is 10.8. The van der Waals surface area contributed by atoms with Crippen molar-refractivity contribution in [3.63, 3.8) is 0 Å². The van der Waals surface area contributed by atoms with Crippen LogP contribution in [0.3, 0.4) is 0 Å². The molecular formula is C33H58O3Si. The second-order valence-corrected chi connectivity index (χ2v) is 20.6. The molecule has 0 amide bonds. The van der Waals surface area contributed by atoms with Crippen LogP contribution in [0.5, 0.6) is 0 Å². The number of hydrogen-bond acceptors (Lipinski definition) is 2. The smallest absolute Gasteiger partial charge is 0.306 e. The van der Waals surface area contributed by atoms with Crippen LogP contribution in [0.4, 0.5) is 0 Å². The summed E-state index contributed by atoms with van der Waals surface area (Å²) in [4.78, 5) is 11.2. The molecule has 3 nitrogen and oxygen atoms in total. The molecule has 0 aromatic heterocycles. The van der Waals surface area contributed by atoms with Crippen LogP contribution in [0.1, 0.15) is 119 Å². The van der Waals surface area contributed by atoms with Gasteiger partial charge in [-0.25, -0.2) is 0 Å². The van der Waals surface area contributed by atoms with Crippen LogP contribution in [0, 0.1) is 46.3 Å². The molecule has 0 unspecified atom stereocenters. The molecule has 0 aromatic carbocycles. The van der Waals surface area contributed by atoms with E-state index in [0.717, 1.165) is 36.5 Å². The minimum absolute atomic E-state index is 0.208. The van der Waals surface area contributed by atoms with Crippen LogP contribution >= 0.6 is 0 Å². The molecule has 0 saturated heterocycles. The number of carbonyl (C=O) groups is 1. The van der Waals surface area contributed by atoms with Gasteiger partial charge in [0.05, 0.1) is 5.92 Å². The lowest BCUT2D eigenvalue weighted by Crippen LogP contribution is -2.52. The summed E-state index contributed by atoms with van der Waals surface area (Å²) in [6.45, 7) is 21.5. The Morgan fingerprint density at radius 2 is 1.78 bits per heavy atom. The standard InChI is InChI=1S/C33H58O3Si/c1-22(11-10-12-23(2)30(34)35)27-15-16-28-26-14-13-24-21-25(36-37(8,9)31(3,4)5)17-19-32(24,6)29(26)18-20-33(27,28)7/h13,22-23,25-29H,10-12,14-21H2,1-9H3,(H,34,35)/t22-,23+,25+,26+,27-,28+,29+,32+,33-/m1/s1. The van der Waals surface area contributed by atoms with E-state index in [1.807, 2.05) is 6.92 Å². The zero-order chi connectivity index (χ0) is 27.4. The first-order valence-corrected chi connectivity index (χ1v) is 18.6. The molecule has 0 radical (unpaired) electrons. The Hall–Kier alpha value is -0.613. The predicted molar refractivity (Wildman–Crippen MR) is 157 cm³/mol. The lowest BCUT2D eigenvalue weighted by atomic mass is 9.47. The summed E-state index contributed by atoms with van der Waals surface area (Å²) < 4.78 is 6.92. The maximum absolute atomic E-state index is 11.2. The Balaban J connectivity index is 1.42. The molecule has 0 spiro atoms. The molecule has 37 heavy (non-hydrogen) atoms. The van der Waals surface area contributed by atoms with Crippen LogP contribution in [-0.4, -0.2) is 25.5 Å². The van der Waals surface area contributed by atoms with Gasteiger partial charge >= 0.3 is 5.97 Å². The summed E-state index contributed by atoms with van der Waals surface area (Å²) in [5.74, 6) is 3.25. The van der Waals surface area contributed by atoms with Crippen LogP contribution in [0.15, 0.2) is 11.6 Å². The van der Waals surface area contributed by atoms with Gasteiger partial charge in [-0.2, -0.15) is 0 Å². The molecule has 4 heteroatoms. The van der Waals surface area contributed by atoms with Gasteiger partial charge < -0.3 is 9.53 Å². The average molecular weight is 531 g/mol. The Morgan fingerprint density at radius 1 is 1.08 bits per heavy atom. The van der Waals surface area contributed by atoms with Crippen molar-refractivity contribution in [2.24, 2.45) is 46.3 Å². The van der Waals surface area contributed by atoms with E-state index in [9.17, 15) is 9.90 Å². The maximum Gasteiger partial charge on any atom is 0.306 e. The molecule has 0 heterocycles. The first-order chi connectivity index (χ1) is 17.1. The van der Waals surface area contributed by atoms with Crippen molar-refractivity contribution in [2.45, 2.75) is 143 Å². The average Bonchev–Trinajstić information content (AvgIpc) is 3.15. The summed E-state index contributed by atoms with van der Waals surface area (Å²) in [6, 6.07) is 0. The predicted octanol–water partition coefficient (Wildman–Crippen LogP) is 9.48. The minimum atomic E-state index is -1.73. The molecule has 0 aromatic rings. The number of hydrogen-bond donors (Lipinski definition) is 1. The number of rotatable bonds is 8. The third kappa shape index (κ3) is 5.41. The van der Waals surface area contributed by atoms with Crippen LogP contribution in [0.25, 0.3) is 0 Å². The summed E-state index contributed by atoms with van der Waals surface area (Å²) in [6.07, 6.45) is 16.8. The van der Waals surface area contributed by atoms with Gasteiger partial charge in [0, 0.05) is 6.10 Å². The zero-order valence-corrected chi connectivity index (χ0v) is 26.7. The van der Waals surface area contributed by atoms with Gasteiger partial charge in [-0.15, -0.1) is 0 Å². The lowest BCUT2D eigenvalue weighted by molar-refractivity contribution is -0.141. The highest BCUT2D eigenvalue weighted by molar-refractivity contribution is 6.74. The van der Waals surface area contributed by atoms with Gasteiger partial charge in [-0.05, 0) is 116 Å². The molecule has 0 bridgehead atoms. The minimum Gasteiger partial charge on any atom is -0.481 e. The summed E-state index contributed by atoms with van der Waals surface area (Å²) in [5.41, 5.74) is 2.60. The number of aliphatic carboxylic acids is 1. The van der Waals surface area contributed by atoms with Crippen molar-refractivity contribution >= 4 is 14.3 Å². The van der Waals surface area contributed by atoms with E-state index in [-0.39, 0.29) is 11.0 Å². The van der Waals surface area contributed by atoms with Gasteiger partial charge in [0.1, 0.15) is 0 Å². The van der Waals surface area contributed by atoms with E-state index in [1.54, 1.807) is 5.57 Å². The highest BCUT2D eigenvalue weighted by Gasteiger charge is 2.59. The normalized spacial score (nSPS) is 39.7. The van der Waals surface area contributed by atoms with Gasteiger partial charge in [0.2, 0.25) is 0 Å².